The highest BCUT2D eigenvalue weighted by Crippen LogP contribution is 2.41. The third-order valence-corrected chi connectivity index (χ3v) is 7.73. The van der Waals surface area contributed by atoms with Gasteiger partial charge >= 0.3 is 5.97 Å². The number of esters is 1. The monoisotopic (exact) mass is 641 g/mol. The van der Waals surface area contributed by atoms with E-state index in [1.807, 2.05) is 13.0 Å². The lowest BCUT2D eigenvalue weighted by Gasteiger charge is -2.26. The molecular weight excluding hydrogens is 614 g/mol. The van der Waals surface area contributed by atoms with Crippen molar-refractivity contribution in [2.45, 2.75) is 26.8 Å². The number of nitriles is 1. The fourth-order valence-corrected chi connectivity index (χ4v) is 6.13. The van der Waals surface area contributed by atoms with Gasteiger partial charge in [-0.25, -0.2) is 9.79 Å². The molecule has 0 unspecified atom stereocenters. The molecule has 12 heteroatoms. The minimum Gasteiger partial charge on any atom is -0.493 e. The van der Waals surface area contributed by atoms with Crippen LogP contribution in [0.4, 0.5) is 0 Å². The summed E-state index contributed by atoms with van der Waals surface area (Å²) in [4.78, 5) is 32.4. The average Bonchev–Trinajstić information content (AvgIpc) is 3.25. The molecule has 0 radical (unpaired) electrons. The van der Waals surface area contributed by atoms with Crippen molar-refractivity contribution < 1.29 is 28.5 Å². The lowest BCUT2D eigenvalue weighted by Crippen LogP contribution is -2.40. The molecule has 4 rings (SSSR count). The van der Waals surface area contributed by atoms with Crippen molar-refractivity contribution in [3.8, 4) is 29.1 Å². The van der Waals surface area contributed by atoms with Crippen LogP contribution in [0.5, 0.6) is 23.0 Å². The second-order valence-electron chi connectivity index (χ2n) is 8.59. The molecule has 0 N–H and O–H groups in total. The van der Waals surface area contributed by atoms with E-state index in [2.05, 4.69) is 20.9 Å². The van der Waals surface area contributed by atoms with Gasteiger partial charge in [-0.2, -0.15) is 5.26 Å². The summed E-state index contributed by atoms with van der Waals surface area (Å²) in [5.74, 6) is 1.10. The Morgan fingerprint density at radius 3 is 2.56 bits per heavy atom. The first-order valence-corrected chi connectivity index (χ1v) is 14.3. The maximum absolute atomic E-state index is 14.0. The first kappa shape index (κ1) is 29.9. The van der Waals surface area contributed by atoms with Gasteiger partial charge in [-0.1, -0.05) is 23.5 Å². The van der Waals surface area contributed by atoms with Gasteiger partial charge in [0.2, 0.25) is 0 Å². The quantitative estimate of drug-likeness (QED) is 0.306. The fraction of sp³-hybridized carbons (Fsp3) is 0.310. The molecule has 1 aromatic heterocycles. The van der Waals surface area contributed by atoms with Crippen molar-refractivity contribution in [1.82, 2.24) is 4.57 Å². The molecule has 3 aromatic rings. The number of allylic oxidation sites excluding steroid dienone is 1. The summed E-state index contributed by atoms with van der Waals surface area (Å²) in [6.07, 6.45) is 1.71. The van der Waals surface area contributed by atoms with E-state index in [1.165, 1.54) is 30.1 Å². The molecule has 2 aromatic carbocycles. The Balaban J connectivity index is 1.97. The van der Waals surface area contributed by atoms with Crippen molar-refractivity contribution in [3.63, 3.8) is 0 Å². The van der Waals surface area contributed by atoms with Crippen molar-refractivity contribution in [2.24, 2.45) is 4.99 Å². The number of hydrogen-bond acceptors (Lipinski definition) is 10. The molecule has 0 amide bonds. The molecule has 0 bridgehead atoms. The maximum Gasteiger partial charge on any atom is 0.338 e. The Hall–Kier alpha value is -4.08. The van der Waals surface area contributed by atoms with Crippen molar-refractivity contribution in [2.75, 3.05) is 34.0 Å². The maximum atomic E-state index is 14.0. The summed E-state index contributed by atoms with van der Waals surface area (Å²) in [6, 6.07) is 9.87. The number of nitrogens with zero attached hydrogens (tertiary/aromatic N) is 3. The summed E-state index contributed by atoms with van der Waals surface area (Å²) in [5.41, 5.74) is 1.55. The smallest absolute Gasteiger partial charge is 0.338 e. The minimum atomic E-state index is -0.868. The number of benzene rings is 2. The minimum absolute atomic E-state index is 0.150. The van der Waals surface area contributed by atoms with Crippen molar-refractivity contribution in [3.05, 3.63) is 76.9 Å². The number of ether oxygens (including phenoxy) is 5. The molecular formula is C29H28BrN3O7S. The second kappa shape index (κ2) is 13.1. The predicted molar refractivity (Wildman–Crippen MR) is 156 cm³/mol. The number of hydrogen-bond donors (Lipinski definition) is 0. The second-order valence-corrected chi connectivity index (χ2v) is 10.5. The van der Waals surface area contributed by atoms with E-state index in [0.29, 0.717) is 60.2 Å². The molecule has 1 aliphatic rings. The largest absolute Gasteiger partial charge is 0.493 e. The molecule has 0 fully saturated rings. The predicted octanol–water partition coefficient (Wildman–Crippen LogP) is 3.88. The summed E-state index contributed by atoms with van der Waals surface area (Å²) < 4.78 is 30.3. The molecule has 41 heavy (non-hydrogen) atoms. The molecule has 0 aliphatic carbocycles. The van der Waals surface area contributed by atoms with Gasteiger partial charge in [0.1, 0.15) is 12.1 Å². The number of thiazole rings is 1. The van der Waals surface area contributed by atoms with E-state index < -0.39 is 12.0 Å². The van der Waals surface area contributed by atoms with E-state index in [4.69, 9.17) is 28.9 Å². The standard InChI is InChI=1S/C29H28BrN3O7S/c1-6-38-25-18(9-8-10-20(25)36-4)24-23(28(35)39-7-2)16(3)32-29-33(24)27(34)22(41-29)15-17-13-19(30)26(40-12-11-31)21(14-17)37-5/h8-10,13-15,24H,6-7,12H2,1-5H3/b22-15+/t24-/m1/s1. The zero-order valence-corrected chi connectivity index (χ0v) is 25.6. The van der Waals surface area contributed by atoms with Crippen LogP contribution >= 0.6 is 27.3 Å². The number of carbonyl (C=O) groups is 1. The van der Waals surface area contributed by atoms with Gasteiger partial charge in [0.05, 0.1) is 47.7 Å². The van der Waals surface area contributed by atoms with Gasteiger partial charge in [0, 0.05) is 5.56 Å². The third-order valence-electron chi connectivity index (χ3n) is 6.16. The number of aromatic nitrogens is 1. The van der Waals surface area contributed by atoms with Gasteiger partial charge in [-0.3, -0.25) is 9.36 Å². The Labute approximate surface area is 248 Å². The van der Waals surface area contributed by atoms with E-state index in [-0.39, 0.29) is 24.3 Å². The molecule has 0 saturated heterocycles. The Kier molecular flexibility index (Phi) is 9.52. The highest BCUT2D eigenvalue weighted by molar-refractivity contribution is 9.10. The van der Waals surface area contributed by atoms with Crippen LogP contribution in [0.1, 0.15) is 37.9 Å². The highest BCUT2D eigenvalue weighted by atomic mass is 79.9. The lowest BCUT2D eigenvalue weighted by atomic mass is 9.94. The van der Waals surface area contributed by atoms with Crippen LogP contribution in [0, 0.1) is 11.3 Å². The van der Waals surface area contributed by atoms with Crippen LogP contribution in [-0.4, -0.2) is 44.6 Å². The van der Waals surface area contributed by atoms with E-state index >= 15 is 0 Å². The Bertz CT molecular complexity index is 1740. The molecule has 0 spiro atoms. The van der Waals surface area contributed by atoms with Gasteiger partial charge in [-0.15, -0.1) is 0 Å². The van der Waals surface area contributed by atoms with E-state index in [9.17, 15) is 9.59 Å². The van der Waals surface area contributed by atoms with Crippen molar-refractivity contribution in [1.29, 1.82) is 5.26 Å². The first-order valence-electron chi connectivity index (χ1n) is 12.7. The molecule has 2 heterocycles. The zero-order valence-electron chi connectivity index (χ0n) is 23.1. The Morgan fingerprint density at radius 2 is 1.90 bits per heavy atom. The molecule has 10 nitrogen and oxygen atoms in total. The Morgan fingerprint density at radius 1 is 1.15 bits per heavy atom. The number of methoxy groups -OCH3 is 2. The van der Waals surface area contributed by atoms with Gasteiger partial charge < -0.3 is 23.7 Å². The van der Waals surface area contributed by atoms with Crippen LogP contribution in [-0.2, 0) is 9.53 Å². The van der Waals surface area contributed by atoms with Crippen LogP contribution in [0.15, 0.2) is 55.9 Å². The summed E-state index contributed by atoms with van der Waals surface area (Å²) >= 11 is 4.66. The molecule has 0 saturated carbocycles. The van der Waals surface area contributed by atoms with E-state index in [0.717, 1.165) is 0 Å². The van der Waals surface area contributed by atoms with Gasteiger partial charge in [-0.05, 0) is 66.5 Å². The topological polar surface area (TPSA) is 121 Å². The first-order chi connectivity index (χ1) is 19.8. The highest BCUT2D eigenvalue weighted by Gasteiger charge is 2.36. The number of fused-ring (bicyclic) bond motifs is 1. The fourth-order valence-electron chi connectivity index (χ4n) is 4.51. The summed E-state index contributed by atoms with van der Waals surface area (Å²) in [5, 5.41) is 8.89. The number of para-hydroxylation sites is 1. The van der Waals surface area contributed by atoms with Crippen molar-refractivity contribution >= 4 is 39.3 Å². The number of rotatable bonds is 10. The zero-order chi connectivity index (χ0) is 29.7. The van der Waals surface area contributed by atoms with Gasteiger partial charge in [0.25, 0.3) is 5.56 Å². The lowest BCUT2D eigenvalue weighted by molar-refractivity contribution is -0.139. The number of halogens is 1. The summed E-state index contributed by atoms with van der Waals surface area (Å²) in [6.45, 7) is 5.64. The third kappa shape index (κ3) is 5.87. The van der Waals surface area contributed by atoms with Crippen LogP contribution in [0.3, 0.4) is 0 Å². The summed E-state index contributed by atoms with van der Waals surface area (Å²) in [7, 11) is 3.02. The van der Waals surface area contributed by atoms with Crippen LogP contribution < -0.4 is 33.8 Å². The SMILES string of the molecule is CCOC(=O)C1=C(C)N=c2s/c(=C/c3cc(Br)c(OCC#N)c(OC)c3)c(=O)n2[C@@H]1c1cccc(OC)c1OCC. The molecule has 1 atom stereocenters. The normalized spacial score (nSPS) is 14.6. The van der Waals surface area contributed by atoms with Gasteiger partial charge in [0.15, 0.2) is 34.4 Å². The number of carbonyl (C=O) groups excluding carboxylic acids is 1. The average molecular weight is 643 g/mol. The molecule has 214 valence electrons. The molecule has 1 aliphatic heterocycles. The van der Waals surface area contributed by atoms with Crippen LogP contribution in [0.25, 0.3) is 6.08 Å². The van der Waals surface area contributed by atoms with Crippen LogP contribution in [0.2, 0.25) is 0 Å². The van der Waals surface area contributed by atoms with E-state index in [1.54, 1.807) is 50.3 Å².